The van der Waals surface area contributed by atoms with Gasteiger partial charge in [-0.15, -0.1) is 10.2 Å². The van der Waals surface area contributed by atoms with Gasteiger partial charge in [-0.2, -0.15) is 9.59 Å². The smallest absolute Gasteiger partial charge is 0.441 e. The van der Waals surface area contributed by atoms with E-state index in [1.807, 2.05) is 46.9 Å². The Morgan fingerprint density at radius 3 is 1.60 bits per heavy atom. The number of pyridine rings is 2. The van der Waals surface area contributed by atoms with Crippen molar-refractivity contribution in [3.05, 3.63) is 89.2 Å². The first-order valence-electron chi connectivity index (χ1n) is 20.9. The molecule has 3 fully saturated rings. The normalized spacial score (nSPS) is 18.1. The lowest BCUT2D eigenvalue weighted by Gasteiger charge is -2.32. The highest BCUT2D eigenvalue weighted by Gasteiger charge is 2.52. The third-order valence-electron chi connectivity index (χ3n) is 11.3. The summed E-state index contributed by atoms with van der Waals surface area (Å²) in [6.07, 6.45) is 0.861. The number of anilines is 6. The Bertz CT molecular complexity index is 2720. The van der Waals surface area contributed by atoms with Crippen LogP contribution in [0, 0.1) is 11.6 Å². The maximum absolute atomic E-state index is 14.7. The van der Waals surface area contributed by atoms with E-state index in [0.717, 1.165) is 10.3 Å². The molecule has 4 aromatic heterocycles. The number of nitrogens with zero attached hydrogens (tertiary/aromatic N) is 14. The van der Waals surface area contributed by atoms with Crippen molar-refractivity contribution in [2.24, 2.45) is 14.1 Å². The first-order chi connectivity index (χ1) is 32.3. The number of carbonyl (C=O) groups excluding carboxylic acids is 2. The van der Waals surface area contributed by atoms with E-state index in [9.17, 15) is 18.4 Å². The van der Waals surface area contributed by atoms with Crippen LogP contribution in [0.4, 0.5) is 53.3 Å². The van der Waals surface area contributed by atoms with Crippen LogP contribution < -0.4 is 25.1 Å². The summed E-state index contributed by atoms with van der Waals surface area (Å²) in [5.74, 6) is 1.24. The van der Waals surface area contributed by atoms with Gasteiger partial charge >= 0.3 is 19.3 Å². The summed E-state index contributed by atoms with van der Waals surface area (Å²) in [6, 6.07) is 16.1. The molecular formula is C42H48BBrF2N14O8. The standard InChI is InChI=1S/C18H18FN7O3.C16H21BFNO5.C8H9BrN6/c1-24(17-21-23-25(2)22-17)16-6-3-11(8-20-16)14-5-4-12(7-15(14)19)26-9-13(10-27)29-18(26)28;1-15(2)16(3,4)24-17(23-15)12-6-5-10(7-13(12)18)19-8-11(9-20)22-14(19)21;1-14(8-11-13-15(2)12-8)7-4-3-6(9)5-10-7/h3-8,13,27H,9-10H2,1-2H3;5-7,11,20H,8-9H2,1-4H3;3-5H,1-2H3/t13-;11-;/m11./s1. The van der Waals surface area contributed by atoms with Gasteiger partial charge in [0.05, 0.1) is 63.0 Å². The second-order valence-electron chi connectivity index (χ2n) is 16.6. The predicted octanol–water partition coefficient (Wildman–Crippen LogP) is 4.07. The quantitative estimate of drug-likeness (QED) is 0.184. The third kappa shape index (κ3) is 10.8. The van der Waals surface area contributed by atoms with Gasteiger partial charge in [0.2, 0.25) is 0 Å². The van der Waals surface area contributed by atoms with Crippen LogP contribution in [0.1, 0.15) is 27.7 Å². The van der Waals surface area contributed by atoms with Crippen molar-refractivity contribution in [2.45, 2.75) is 51.1 Å². The van der Waals surface area contributed by atoms with E-state index in [1.165, 1.54) is 31.5 Å². The average molecular weight is 1010 g/mol. The molecule has 22 nitrogen and oxygen atoms in total. The van der Waals surface area contributed by atoms with Crippen LogP contribution in [0.2, 0.25) is 0 Å². The Morgan fingerprint density at radius 2 is 1.21 bits per heavy atom. The van der Waals surface area contributed by atoms with Crippen molar-refractivity contribution in [2.75, 3.05) is 60.0 Å². The molecule has 6 aromatic rings. The molecule has 0 unspecified atom stereocenters. The van der Waals surface area contributed by atoms with Crippen molar-refractivity contribution in [3.63, 3.8) is 0 Å². The monoisotopic (exact) mass is 1000 g/mol. The number of tetrazole rings is 2. The molecule has 0 spiro atoms. The van der Waals surface area contributed by atoms with Crippen molar-refractivity contribution in [3.8, 4) is 11.1 Å². The summed E-state index contributed by atoms with van der Waals surface area (Å²) < 4.78 is 51.9. The third-order valence-corrected chi connectivity index (χ3v) is 11.7. The van der Waals surface area contributed by atoms with E-state index in [-0.39, 0.29) is 31.8 Å². The number of aryl methyl sites for hydroxylation is 2. The van der Waals surface area contributed by atoms with E-state index >= 15 is 0 Å². The fourth-order valence-electron chi connectivity index (χ4n) is 6.74. The van der Waals surface area contributed by atoms with Gasteiger partial charge in [-0.05, 0) is 109 Å². The van der Waals surface area contributed by atoms with Crippen molar-refractivity contribution >= 4 is 75.6 Å². The molecular weight excluding hydrogens is 957 g/mol. The van der Waals surface area contributed by atoms with Gasteiger partial charge in [0.25, 0.3) is 11.9 Å². The molecule has 2 atom stereocenters. The summed E-state index contributed by atoms with van der Waals surface area (Å²) in [7, 11) is 6.18. The number of ether oxygens (including phenoxy) is 2. The number of hydrogen-bond donors (Lipinski definition) is 2. The summed E-state index contributed by atoms with van der Waals surface area (Å²) >= 11 is 3.33. The Hall–Kier alpha value is -6.74. The number of carbonyl (C=O) groups is 2. The van der Waals surface area contributed by atoms with Crippen LogP contribution in [0.3, 0.4) is 0 Å². The first kappa shape index (κ1) is 49.2. The van der Waals surface area contributed by atoms with E-state index in [4.69, 9.17) is 29.0 Å². The van der Waals surface area contributed by atoms with Crippen LogP contribution in [-0.4, -0.2) is 144 Å². The second kappa shape index (κ2) is 20.2. The Morgan fingerprint density at radius 1 is 0.721 bits per heavy atom. The number of aliphatic hydroxyl groups is 2. The van der Waals surface area contributed by atoms with Crippen LogP contribution >= 0.6 is 15.9 Å². The minimum atomic E-state index is -0.806. The number of amides is 2. The van der Waals surface area contributed by atoms with Gasteiger partial charge < -0.3 is 29.0 Å². The van der Waals surface area contributed by atoms with Crippen molar-refractivity contribution in [1.29, 1.82) is 0 Å². The Kier molecular flexibility index (Phi) is 14.6. The number of hydrogen-bond acceptors (Lipinski definition) is 18. The number of halogens is 3. The second-order valence-corrected chi connectivity index (χ2v) is 17.5. The molecule has 3 aliphatic rings. The maximum atomic E-state index is 14.7. The van der Waals surface area contributed by atoms with Crippen molar-refractivity contribution < 1.29 is 47.4 Å². The summed E-state index contributed by atoms with van der Waals surface area (Å²) in [6.45, 7) is 7.40. The number of rotatable bonds is 10. The fraction of sp³-hybridized carbons (Fsp3) is 0.381. The Balaban J connectivity index is 0.000000158. The molecule has 68 heavy (non-hydrogen) atoms. The zero-order valence-corrected chi connectivity index (χ0v) is 39.8. The van der Waals surface area contributed by atoms with Crippen LogP contribution in [0.25, 0.3) is 11.1 Å². The van der Waals surface area contributed by atoms with Crippen LogP contribution in [-0.2, 0) is 32.9 Å². The molecule has 0 bridgehead atoms. The van der Waals surface area contributed by atoms with Gasteiger partial charge in [0.1, 0.15) is 35.5 Å². The average Bonchev–Trinajstić information content (AvgIpc) is 4.15. The molecule has 3 saturated heterocycles. The zero-order valence-electron chi connectivity index (χ0n) is 38.2. The van der Waals surface area contributed by atoms with E-state index < -0.39 is 54.3 Å². The highest BCUT2D eigenvalue weighted by Crippen LogP contribution is 2.37. The van der Waals surface area contributed by atoms with Crippen LogP contribution in [0.5, 0.6) is 0 Å². The summed E-state index contributed by atoms with van der Waals surface area (Å²) in [5.41, 5.74) is 0.823. The van der Waals surface area contributed by atoms with E-state index in [0.29, 0.717) is 40.2 Å². The lowest BCUT2D eigenvalue weighted by atomic mass is 9.78. The number of benzene rings is 2. The topological polar surface area (TPSA) is 237 Å². The molecule has 0 saturated carbocycles. The highest BCUT2D eigenvalue weighted by molar-refractivity contribution is 9.10. The lowest BCUT2D eigenvalue weighted by molar-refractivity contribution is 0.00578. The molecule has 9 rings (SSSR count). The van der Waals surface area contributed by atoms with Gasteiger partial charge in [-0.25, -0.2) is 28.3 Å². The number of cyclic esters (lactones) is 2. The molecule has 26 heteroatoms. The molecule has 358 valence electrons. The molecule has 0 radical (unpaired) electrons. The molecule has 2 aromatic carbocycles. The summed E-state index contributed by atoms with van der Waals surface area (Å²) in [4.78, 5) is 41.0. The fourth-order valence-corrected chi connectivity index (χ4v) is 6.97. The largest absolute Gasteiger partial charge is 0.497 e. The zero-order chi connectivity index (χ0) is 49.1. The van der Waals surface area contributed by atoms with Gasteiger partial charge in [0.15, 0.2) is 0 Å². The minimum Gasteiger partial charge on any atom is -0.441 e. The predicted molar refractivity (Wildman–Crippen MR) is 247 cm³/mol. The van der Waals surface area contributed by atoms with E-state index in [2.05, 4.69) is 56.7 Å². The minimum absolute atomic E-state index is 0.174. The molecule has 7 heterocycles. The lowest BCUT2D eigenvalue weighted by Crippen LogP contribution is -2.41. The number of aliphatic hydroxyl groups excluding tert-OH is 2. The van der Waals surface area contributed by atoms with Gasteiger partial charge in [0, 0.05) is 47.6 Å². The first-order valence-corrected chi connectivity index (χ1v) is 21.7. The van der Waals surface area contributed by atoms with Gasteiger partial charge in [-0.3, -0.25) is 19.6 Å². The molecule has 3 aliphatic heterocycles. The summed E-state index contributed by atoms with van der Waals surface area (Å²) in [5, 5.41) is 41.7. The van der Waals surface area contributed by atoms with Crippen LogP contribution in [0.15, 0.2) is 77.5 Å². The van der Waals surface area contributed by atoms with Gasteiger partial charge in [-0.1, -0.05) is 16.3 Å². The maximum Gasteiger partial charge on any atom is 0.497 e. The Labute approximate surface area is 397 Å². The molecule has 2 amide bonds. The van der Waals surface area contributed by atoms with Crippen molar-refractivity contribution in [1.82, 2.24) is 50.4 Å². The SMILES string of the molecule is CC1(C)OB(c2ccc(N3C[C@H](CO)OC3=O)cc2F)OC1(C)C.CN(c1ccc(-c2ccc(N3C[C@H](CO)OC3=O)cc2F)cn1)c1nnn(C)n1.CN(c1ccc(Br)cn1)c1nnn(C)n1. The van der Waals surface area contributed by atoms with E-state index in [1.54, 1.807) is 79.7 Å². The highest BCUT2D eigenvalue weighted by atomic mass is 79.9. The number of aromatic nitrogens is 10. The molecule has 0 aliphatic carbocycles. The molecule has 2 N–H and O–H groups in total.